The van der Waals surface area contributed by atoms with E-state index in [1.807, 2.05) is 0 Å². The number of para-hydroxylation sites is 2. The van der Waals surface area contributed by atoms with Crippen LogP contribution in [0.25, 0.3) is 122 Å². The summed E-state index contributed by atoms with van der Waals surface area (Å²) >= 11 is 0. The first kappa shape index (κ1) is 46.5. The molecule has 0 spiro atoms. The summed E-state index contributed by atoms with van der Waals surface area (Å²) in [5, 5.41) is 4.96. The fourth-order valence-corrected chi connectivity index (χ4v) is 13.6. The van der Waals surface area contributed by atoms with E-state index in [4.69, 9.17) is 0 Å². The van der Waals surface area contributed by atoms with E-state index in [-0.39, 0.29) is 0 Å². The zero-order chi connectivity index (χ0) is 53.4. The summed E-state index contributed by atoms with van der Waals surface area (Å²) < 4.78 is 4.82. The van der Waals surface area contributed by atoms with Crippen LogP contribution in [-0.4, -0.2) is 9.13 Å². The van der Waals surface area contributed by atoms with Gasteiger partial charge in [0.05, 0.1) is 27.5 Å². The highest BCUT2D eigenvalue weighted by Gasteiger charge is 2.46. The molecule has 0 fully saturated rings. The molecule has 2 heterocycles. The molecule has 0 saturated heterocycles. The van der Waals surface area contributed by atoms with Gasteiger partial charge in [0.15, 0.2) is 0 Å². The van der Waals surface area contributed by atoms with Crippen molar-refractivity contribution in [3.05, 3.63) is 338 Å². The van der Waals surface area contributed by atoms with Crippen molar-refractivity contribution < 1.29 is 0 Å². The highest BCUT2D eigenvalue weighted by atomic mass is 15.0. The maximum Gasteiger partial charge on any atom is 0.0713 e. The van der Waals surface area contributed by atoms with Crippen molar-refractivity contribution in [3.8, 4) is 78.1 Å². The lowest BCUT2D eigenvalue weighted by molar-refractivity contribution is 0.769. The van der Waals surface area contributed by atoms with Crippen molar-refractivity contribution in [2.24, 2.45) is 0 Å². The van der Waals surface area contributed by atoms with Crippen LogP contribution in [0.5, 0.6) is 0 Å². The van der Waals surface area contributed by atoms with Crippen LogP contribution in [0.15, 0.2) is 315 Å². The van der Waals surface area contributed by atoms with Crippen LogP contribution in [0, 0.1) is 0 Å². The Hall–Kier alpha value is -10.5. The summed E-state index contributed by atoms with van der Waals surface area (Å²) in [6.07, 6.45) is 0. The molecule has 2 nitrogen and oxygen atoms in total. The lowest BCUT2D eigenvalue weighted by Crippen LogP contribution is -2.28. The second-order valence-corrected chi connectivity index (χ2v) is 21.5. The van der Waals surface area contributed by atoms with Gasteiger partial charge in [-0.2, -0.15) is 0 Å². The molecule has 0 radical (unpaired) electrons. The van der Waals surface area contributed by atoms with E-state index in [1.54, 1.807) is 0 Å². The third kappa shape index (κ3) is 7.42. The van der Waals surface area contributed by atoms with Gasteiger partial charge in [0, 0.05) is 32.9 Å². The molecule has 0 atom stereocenters. The van der Waals surface area contributed by atoms with Crippen molar-refractivity contribution in [1.82, 2.24) is 9.13 Å². The van der Waals surface area contributed by atoms with Gasteiger partial charge < -0.3 is 9.13 Å². The topological polar surface area (TPSA) is 9.86 Å². The van der Waals surface area contributed by atoms with E-state index >= 15 is 0 Å². The molecule has 0 saturated carbocycles. The van der Waals surface area contributed by atoms with Gasteiger partial charge >= 0.3 is 0 Å². The zero-order valence-corrected chi connectivity index (χ0v) is 44.4. The van der Waals surface area contributed by atoms with Crippen molar-refractivity contribution in [3.63, 3.8) is 0 Å². The second kappa shape index (κ2) is 18.8. The molecule has 2 aromatic heterocycles. The average Bonchev–Trinajstić information content (AvgIpc) is 4.38. The number of hydrogen-bond donors (Lipinski definition) is 0. The van der Waals surface area contributed by atoms with E-state index in [2.05, 4.69) is 325 Å². The van der Waals surface area contributed by atoms with Gasteiger partial charge in [0.25, 0.3) is 0 Å². The SMILES string of the molecule is c1ccc(-c2ccc(-n3c4ccccc4c4cc(-c5ccc6c(c5)c5ccccc5n6-c5ccc(-c6ccccc6-c6ccc(-c7cccc(C8(c9ccccc9)c9ccccc9-c9ccccc98)c7)cc6)cc5)ccc43)cc2)cc1. The highest BCUT2D eigenvalue weighted by molar-refractivity contribution is 6.13. The van der Waals surface area contributed by atoms with Crippen LogP contribution >= 0.6 is 0 Å². The molecule has 81 heavy (non-hydrogen) atoms. The number of rotatable bonds is 9. The third-order valence-corrected chi connectivity index (χ3v) is 17.3. The Labute approximate surface area is 471 Å². The van der Waals surface area contributed by atoms with Crippen molar-refractivity contribution in [2.75, 3.05) is 0 Å². The predicted octanol–water partition coefficient (Wildman–Crippen LogP) is 20.6. The first-order valence-electron chi connectivity index (χ1n) is 28.1. The van der Waals surface area contributed by atoms with Gasteiger partial charge in [-0.3, -0.25) is 0 Å². The molecular weight excluding hydrogens is 977 g/mol. The Morgan fingerprint density at radius 2 is 0.543 bits per heavy atom. The Kier molecular flexibility index (Phi) is 10.8. The van der Waals surface area contributed by atoms with E-state index < -0.39 is 5.41 Å². The van der Waals surface area contributed by atoms with Gasteiger partial charge in [-0.1, -0.05) is 249 Å². The molecule has 0 amide bonds. The molecule has 15 aromatic rings. The van der Waals surface area contributed by atoms with Crippen molar-refractivity contribution in [2.45, 2.75) is 5.41 Å². The minimum Gasteiger partial charge on any atom is -0.309 e. The van der Waals surface area contributed by atoms with E-state index in [9.17, 15) is 0 Å². The van der Waals surface area contributed by atoms with Crippen LogP contribution in [0.1, 0.15) is 22.3 Å². The molecule has 2 heteroatoms. The lowest BCUT2D eigenvalue weighted by Gasteiger charge is -2.34. The molecule has 1 aliphatic carbocycles. The van der Waals surface area contributed by atoms with E-state index in [0.29, 0.717) is 0 Å². The Morgan fingerprint density at radius 3 is 1.09 bits per heavy atom. The molecule has 0 unspecified atom stereocenters. The van der Waals surface area contributed by atoms with Gasteiger partial charge in [-0.15, -0.1) is 0 Å². The summed E-state index contributed by atoms with van der Waals surface area (Å²) in [4.78, 5) is 0. The number of benzene rings is 13. The molecule has 0 aliphatic heterocycles. The van der Waals surface area contributed by atoms with Gasteiger partial charge in [0.2, 0.25) is 0 Å². The summed E-state index contributed by atoms with van der Waals surface area (Å²) in [6.45, 7) is 0. The highest BCUT2D eigenvalue weighted by Crippen LogP contribution is 2.56. The minimum atomic E-state index is -0.441. The predicted molar refractivity (Wildman–Crippen MR) is 340 cm³/mol. The van der Waals surface area contributed by atoms with Crippen LogP contribution in [0.4, 0.5) is 0 Å². The van der Waals surface area contributed by atoms with Crippen molar-refractivity contribution in [1.29, 1.82) is 0 Å². The Bertz CT molecular complexity index is 4840. The van der Waals surface area contributed by atoms with Crippen LogP contribution < -0.4 is 0 Å². The number of aromatic nitrogens is 2. The molecule has 1 aliphatic rings. The lowest BCUT2D eigenvalue weighted by atomic mass is 9.67. The molecular formula is C79H52N2. The first-order valence-corrected chi connectivity index (χ1v) is 28.1. The Morgan fingerprint density at radius 1 is 0.198 bits per heavy atom. The van der Waals surface area contributed by atoms with Gasteiger partial charge in [-0.05, 0) is 156 Å². The normalized spacial score (nSPS) is 12.5. The fourth-order valence-electron chi connectivity index (χ4n) is 13.6. The maximum atomic E-state index is 2.42. The second-order valence-electron chi connectivity index (χ2n) is 21.5. The van der Waals surface area contributed by atoms with Gasteiger partial charge in [-0.25, -0.2) is 0 Å². The number of fused-ring (bicyclic) bond motifs is 9. The molecule has 0 N–H and O–H groups in total. The van der Waals surface area contributed by atoms with Gasteiger partial charge in [0.1, 0.15) is 0 Å². The quantitative estimate of drug-likeness (QED) is 0.136. The molecule has 0 bridgehead atoms. The zero-order valence-electron chi connectivity index (χ0n) is 44.4. The molecule has 378 valence electrons. The van der Waals surface area contributed by atoms with Crippen LogP contribution in [0.3, 0.4) is 0 Å². The molecule has 16 rings (SSSR count). The van der Waals surface area contributed by atoms with Crippen molar-refractivity contribution >= 4 is 43.6 Å². The first-order chi connectivity index (χ1) is 40.2. The molecule has 13 aromatic carbocycles. The van der Waals surface area contributed by atoms with E-state index in [0.717, 1.165) is 11.4 Å². The minimum absolute atomic E-state index is 0.441. The monoisotopic (exact) mass is 1030 g/mol. The largest absolute Gasteiger partial charge is 0.309 e. The maximum absolute atomic E-state index is 2.42. The summed E-state index contributed by atoms with van der Waals surface area (Å²) in [5.41, 5.74) is 26.4. The smallest absolute Gasteiger partial charge is 0.0713 e. The fraction of sp³-hybridized carbons (Fsp3) is 0.0127. The van der Waals surface area contributed by atoms with Crippen LogP contribution in [-0.2, 0) is 5.41 Å². The number of nitrogens with zero attached hydrogens (tertiary/aromatic N) is 2. The third-order valence-electron chi connectivity index (χ3n) is 17.3. The van der Waals surface area contributed by atoms with Crippen LogP contribution in [0.2, 0.25) is 0 Å². The Balaban J connectivity index is 0.713. The summed E-state index contributed by atoms with van der Waals surface area (Å²) in [5.74, 6) is 0. The average molecular weight is 1030 g/mol. The summed E-state index contributed by atoms with van der Waals surface area (Å²) in [6, 6.07) is 116. The summed E-state index contributed by atoms with van der Waals surface area (Å²) in [7, 11) is 0. The number of hydrogen-bond acceptors (Lipinski definition) is 0. The standard InChI is InChI=1S/C79H52N2/c1-3-18-53(19-4-1)54-38-44-63(45-39-54)80-75-32-15-11-28-69(75)71-51-59(42-48-77(71)80)60-43-49-78-72(52-60)70-29-12-16-33-76(70)81(78)64-46-40-57(41-47-64)66-25-8-7-24-65(66)56-36-34-55(35-37-56)58-20-17-23-62(50-58)79(61-21-5-2-6-22-61)73-30-13-9-26-67(73)68-27-10-14-31-74(68)79/h1-52H. The van der Waals surface area contributed by atoms with E-state index in [1.165, 1.54) is 133 Å².